The van der Waals surface area contributed by atoms with E-state index in [1.807, 2.05) is 13.8 Å². The first-order valence-electron chi connectivity index (χ1n) is 5.94. The Kier molecular flexibility index (Phi) is 4.97. The summed E-state index contributed by atoms with van der Waals surface area (Å²) < 4.78 is 0. The standard InChI is InChI=1S/C13H20N2O3/c1-8(2)5-9(7-16)15-13(18)11-6-10(17)3-4-12(11)14/h3-4,6,8-9,16-17H,5,7,14H2,1-2H3,(H,15,18). The Morgan fingerprint density at radius 1 is 1.44 bits per heavy atom. The third-order valence-electron chi connectivity index (χ3n) is 2.59. The summed E-state index contributed by atoms with van der Waals surface area (Å²) >= 11 is 0. The number of benzene rings is 1. The van der Waals surface area contributed by atoms with Crippen LogP contribution in [0.4, 0.5) is 5.69 Å². The summed E-state index contributed by atoms with van der Waals surface area (Å²) in [6.45, 7) is 3.90. The van der Waals surface area contributed by atoms with Gasteiger partial charge in [0, 0.05) is 5.69 Å². The lowest BCUT2D eigenvalue weighted by Gasteiger charge is -2.18. The second kappa shape index (κ2) is 6.26. The molecule has 1 unspecified atom stereocenters. The number of nitrogens with two attached hydrogens (primary N) is 1. The molecule has 1 atom stereocenters. The minimum absolute atomic E-state index is 0.0150. The number of aromatic hydroxyl groups is 1. The van der Waals surface area contributed by atoms with E-state index in [4.69, 9.17) is 5.73 Å². The fraction of sp³-hybridized carbons (Fsp3) is 0.462. The van der Waals surface area contributed by atoms with Gasteiger partial charge in [-0.25, -0.2) is 0 Å². The first-order valence-corrected chi connectivity index (χ1v) is 5.94. The van der Waals surface area contributed by atoms with Crippen molar-refractivity contribution in [1.29, 1.82) is 0 Å². The molecular formula is C13H20N2O3. The molecule has 1 amide bonds. The summed E-state index contributed by atoms with van der Waals surface area (Å²) in [5.41, 5.74) is 6.19. The number of nitrogens with one attached hydrogen (secondary N) is 1. The van der Waals surface area contributed by atoms with E-state index in [-0.39, 0.29) is 29.9 Å². The Labute approximate surface area is 107 Å². The third-order valence-corrected chi connectivity index (χ3v) is 2.59. The van der Waals surface area contributed by atoms with Crippen molar-refractivity contribution < 1.29 is 15.0 Å². The van der Waals surface area contributed by atoms with Crippen LogP contribution < -0.4 is 11.1 Å². The first kappa shape index (κ1) is 14.3. The van der Waals surface area contributed by atoms with Crippen LogP contribution in [-0.4, -0.2) is 28.8 Å². The van der Waals surface area contributed by atoms with Gasteiger partial charge in [0.2, 0.25) is 0 Å². The zero-order valence-corrected chi connectivity index (χ0v) is 10.7. The summed E-state index contributed by atoms with van der Waals surface area (Å²) in [5.74, 6) is -0.0363. The van der Waals surface area contributed by atoms with Crippen LogP contribution in [0.5, 0.6) is 5.75 Å². The van der Waals surface area contributed by atoms with Gasteiger partial charge in [0.25, 0.3) is 5.91 Å². The van der Waals surface area contributed by atoms with E-state index in [0.717, 1.165) is 0 Å². The highest BCUT2D eigenvalue weighted by molar-refractivity contribution is 5.99. The molecule has 0 aliphatic heterocycles. The fourth-order valence-corrected chi connectivity index (χ4v) is 1.75. The first-order chi connectivity index (χ1) is 8.43. The summed E-state index contributed by atoms with van der Waals surface area (Å²) in [6.07, 6.45) is 0.682. The van der Waals surface area contributed by atoms with Gasteiger partial charge >= 0.3 is 0 Å². The number of hydrogen-bond acceptors (Lipinski definition) is 4. The van der Waals surface area contributed by atoms with Crippen molar-refractivity contribution in [1.82, 2.24) is 5.32 Å². The van der Waals surface area contributed by atoms with Gasteiger partial charge in [0.15, 0.2) is 0 Å². The Balaban J connectivity index is 2.77. The molecule has 0 radical (unpaired) electrons. The molecule has 1 rings (SSSR count). The molecule has 5 nitrogen and oxygen atoms in total. The van der Waals surface area contributed by atoms with Crippen molar-refractivity contribution >= 4 is 11.6 Å². The number of aliphatic hydroxyl groups is 1. The highest BCUT2D eigenvalue weighted by Gasteiger charge is 2.16. The van der Waals surface area contributed by atoms with Crippen LogP contribution in [0.1, 0.15) is 30.6 Å². The van der Waals surface area contributed by atoms with Crippen LogP contribution in [0.2, 0.25) is 0 Å². The van der Waals surface area contributed by atoms with Gasteiger partial charge in [-0.05, 0) is 30.5 Å². The normalized spacial score (nSPS) is 12.4. The van der Waals surface area contributed by atoms with Crippen molar-refractivity contribution in [2.75, 3.05) is 12.3 Å². The van der Waals surface area contributed by atoms with Crippen LogP contribution >= 0.6 is 0 Å². The maximum atomic E-state index is 12.0. The quantitative estimate of drug-likeness (QED) is 0.466. The van der Waals surface area contributed by atoms with E-state index in [0.29, 0.717) is 18.0 Å². The number of rotatable bonds is 5. The molecule has 18 heavy (non-hydrogen) atoms. The van der Waals surface area contributed by atoms with Crippen LogP contribution in [0.15, 0.2) is 18.2 Å². The second-order valence-corrected chi connectivity index (χ2v) is 4.75. The lowest BCUT2D eigenvalue weighted by molar-refractivity contribution is 0.0909. The highest BCUT2D eigenvalue weighted by Crippen LogP contribution is 2.18. The van der Waals surface area contributed by atoms with Crippen molar-refractivity contribution in [3.63, 3.8) is 0 Å². The fourth-order valence-electron chi connectivity index (χ4n) is 1.75. The SMILES string of the molecule is CC(C)CC(CO)NC(=O)c1cc(O)ccc1N. The molecule has 100 valence electrons. The summed E-state index contributed by atoms with van der Waals surface area (Å²) in [6, 6.07) is 3.90. The zero-order chi connectivity index (χ0) is 13.7. The van der Waals surface area contributed by atoms with Gasteiger partial charge in [0.05, 0.1) is 18.2 Å². The number of nitrogen functional groups attached to an aromatic ring is 1. The van der Waals surface area contributed by atoms with E-state index in [1.54, 1.807) is 0 Å². The number of phenolic OH excluding ortho intramolecular Hbond substituents is 1. The maximum Gasteiger partial charge on any atom is 0.253 e. The van der Waals surface area contributed by atoms with E-state index in [2.05, 4.69) is 5.32 Å². The molecule has 0 bridgehead atoms. The molecule has 0 aliphatic carbocycles. The molecule has 5 heteroatoms. The minimum atomic E-state index is -0.386. The summed E-state index contributed by atoms with van der Waals surface area (Å²) in [4.78, 5) is 12.0. The molecule has 5 N–H and O–H groups in total. The Hall–Kier alpha value is -1.75. The molecule has 0 fully saturated rings. The lowest BCUT2D eigenvalue weighted by Crippen LogP contribution is -2.38. The Morgan fingerprint density at radius 2 is 2.11 bits per heavy atom. The van der Waals surface area contributed by atoms with Crippen molar-refractivity contribution in [2.24, 2.45) is 5.92 Å². The van der Waals surface area contributed by atoms with E-state index < -0.39 is 0 Å². The predicted octanol–water partition coefficient (Wildman–Crippen LogP) is 1.11. The van der Waals surface area contributed by atoms with Crippen molar-refractivity contribution in [2.45, 2.75) is 26.3 Å². The number of hydrogen-bond donors (Lipinski definition) is 4. The number of carbonyl (C=O) groups is 1. The molecule has 1 aromatic rings. The number of aliphatic hydroxyl groups excluding tert-OH is 1. The molecule has 0 heterocycles. The average Bonchev–Trinajstić information content (AvgIpc) is 2.30. The average molecular weight is 252 g/mol. The number of amides is 1. The second-order valence-electron chi connectivity index (χ2n) is 4.75. The molecule has 0 saturated carbocycles. The molecule has 0 spiro atoms. The van der Waals surface area contributed by atoms with Crippen molar-refractivity contribution in [3.05, 3.63) is 23.8 Å². The molecule has 0 saturated heterocycles. The largest absolute Gasteiger partial charge is 0.508 e. The van der Waals surface area contributed by atoms with E-state index >= 15 is 0 Å². The summed E-state index contributed by atoms with van der Waals surface area (Å²) in [7, 11) is 0. The highest BCUT2D eigenvalue weighted by atomic mass is 16.3. The van der Waals surface area contributed by atoms with Gasteiger partial charge in [-0.3, -0.25) is 4.79 Å². The van der Waals surface area contributed by atoms with Gasteiger partial charge in [-0.2, -0.15) is 0 Å². The van der Waals surface area contributed by atoms with Crippen LogP contribution in [0, 0.1) is 5.92 Å². The number of phenols is 1. The van der Waals surface area contributed by atoms with Crippen LogP contribution in [0.25, 0.3) is 0 Å². The van der Waals surface area contributed by atoms with Crippen LogP contribution in [0.3, 0.4) is 0 Å². The van der Waals surface area contributed by atoms with Gasteiger partial charge in [-0.15, -0.1) is 0 Å². The smallest absolute Gasteiger partial charge is 0.253 e. The molecular weight excluding hydrogens is 232 g/mol. The minimum Gasteiger partial charge on any atom is -0.508 e. The van der Waals surface area contributed by atoms with Crippen LogP contribution in [-0.2, 0) is 0 Å². The molecule has 1 aromatic carbocycles. The number of anilines is 1. The molecule has 0 aliphatic rings. The van der Waals surface area contributed by atoms with Gasteiger partial charge in [0.1, 0.15) is 5.75 Å². The van der Waals surface area contributed by atoms with E-state index in [1.165, 1.54) is 18.2 Å². The van der Waals surface area contributed by atoms with Gasteiger partial charge < -0.3 is 21.3 Å². The summed E-state index contributed by atoms with van der Waals surface area (Å²) in [5, 5.41) is 21.2. The number of carbonyl (C=O) groups excluding carboxylic acids is 1. The Morgan fingerprint density at radius 3 is 2.67 bits per heavy atom. The lowest BCUT2D eigenvalue weighted by atomic mass is 10.0. The predicted molar refractivity (Wildman–Crippen MR) is 70.3 cm³/mol. The monoisotopic (exact) mass is 252 g/mol. The third kappa shape index (κ3) is 3.92. The van der Waals surface area contributed by atoms with Crippen molar-refractivity contribution in [3.8, 4) is 5.75 Å². The topological polar surface area (TPSA) is 95.6 Å². The van der Waals surface area contributed by atoms with E-state index in [9.17, 15) is 15.0 Å². The van der Waals surface area contributed by atoms with Gasteiger partial charge in [-0.1, -0.05) is 13.8 Å². The Bertz CT molecular complexity index is 419. The zero-order valence-electron chi connectivity index (χ0n) is 10.7. The molecule has 0 aromatic heterocycles. The maximum absolute atomic E-state index is 12.0.